The van der Waals surface area contributed by atoms with Crippen molar-refractivity contribution in [2.75, 3.05) is 25.1 Å². The van der Waals surface area contributed by atoms with Crippen LogP contribution in [0.1, 0.15) is 37.0 Å². The van der Waals surface area contributed by atoms with Gasteiger partial charge in [-0.2, -0.15) is 0 Å². The number of carbonyl (C=O) groups excluding carboxylic acids is 4. The maximum atomic E-state index is 13.0. The highest BCUT2D eigenvalue weighted by Crippen LogP contribution is 2.44. The highest BCUT2D eigenvalue weighted by molar-refractivity contribution is 6.15. The molecule has 8 heteroatoms. The van der Waals surface area contributed by atoms with Gasteiger partial charge in [-0.05, 0) is 18.1 Å². The number of hydrogen-bond donors (Lipinski definition) is 1. The third-order valence-electron chi connectivity index (χ3n) is 4.91. The summed E-state index contributed by atoms with van der Waals surface area (Å²) in [5.41, 5.74) is -0.807. The third-order valence-corrected chi connectivity index (χ3v) is 4.91. The lowest BCUT2D eigenvalue weighted by Gasteiger charge is -2.46. The van der Waals surface area contributed by atoms with E-state index in [0.717, 1.165) is 0 Å². The van der Waals surface area contributed by atoms with E-state index in [-0.39, 0.29) is 30.6 Å². The van der Waals surface area contributed by atoms with Crippen LogP contribution in [0, 0.1) is 5.92 Å². The molecule has 1 atom stereocenters. The number of likely N-dealkylation sites (N-methyl/N-ethyl adjacent to an activating group) is 1. The van der Waals surface area contributed by atoms with Gasteiger partial charge in [-0.25, -0.2) is 4.79 Å². The molecule has 0 radical (unpaired) electrons. The van der Waals surface area contributed by atoms with Gasteiger partial charge in [-0.3, -0.25) is 19.3 Å². The molecule has 1 saturated heterocycles. The maximum absolute atomic E-state index is 13.0. The Bertz CT molecular complexity index is 806. The smallest absolute Gasteiger partial charge is 0.354 e. The molecular weight excluding hydrogens is 350 g/mol. The van der Waals surface area contributed by atoms with Crippen LogP contribution in [0.2, 0.25) is 0 Å². The molecule has 2 aliphatic heterocycles. The number of benzene rings is 1. The molecule has 0 unspecified atom stereocenters. The molecule has 2 aliphatic rings. The van der Waals surface area contributed by atoms with Crippen LogP contribution in [0.3, 0.4) is 0 Å². The van der Waals surface area contributed by atoms with Crippen LogP contribution in [0.5, 0.6) is 0 Å². The average Bonchev–Trinajstić information content (AvgIpc) is 3.01. The lowest BCUT2D eigenvalue weighted by molar-refractivity contribution is -0.159. The monoisotopic (exact) mass is 373 g/mol. The summed E-state index contributed by atoms with van der Waals surface area (Å²) in [6.07, 6.45) is 0.232. The van der Waals surface area contributed by atoms with Crippen LogP contribution in [0.4, 0.5) is 5.69 Å². The number of hydrogen-bond acceptors (Lipinski definition) is 5. The lowest BCUT2D eigenvalue weighted by Crippen LogP contribution is -2.67. The fourth-order valence-corrected chi connectivity index (χ4v) is 3.51. The zero-order chi connectivity index (χ0) is 19.8. The number of esters is 1. The molecule has 0 spiro atoms. The third kappa shape index (κ3) is 3.05. The molecule has 3 rings (SSSR count). The van der Waals surface area contributed by atoms with Crippen LogP contribution in [0.15, 0.2) is 24.3 Å². The van der Waals surface area contributed by atoms with Gasteiger partial charge >= 0.3 is 5.97 Å². The Labute approximate surface area is 157 Å². The predicted octanol–water partition coefficient (Wildman–Crippen LogP) is 0.911. The molecular formula is C19H23N3O5. The summed E-state index contributed by atoms with van der Waals surface area (Å²) in [6, 6.07) is 6.67. The van der Waals surface area contributed by atoms with Gasteiger partial charge < -0.3 is 15.0 Å². The normalized spacial score (nSPS) is 21.2. The van der Waals surface area contributed by atoms with Gasteiger partial charge in [0.1, 0.15) is 0 Å². The van der Waals surface area contributed by atoms with Crippen LogP contribution in [-0.2, 0) is 19.1 Å². The highest BCUT2D eigenvalue weighted by Gasteiger charge is 2.60. The van der Waals surface area contributed by atoms with Gasteiger partial charge in [0.15, 0.2) is 6.61 Å². The second kappa shape index (κ2) is 7.02. The van der Waals surface area contributed by atoms with Crippen molar-refractivity contribution in [3.63, 3.8) is 0 Å². The van der Waals surface area contributed by atoms with E-state index in [1.54, 1.807) is 24.3 Å². The quantitative estimate of drug-likeness (QED) is 0.774. The summed E-state index contributed by atoms with van der Waals surface area (Å²) in [5, 5.41) is 2.66. The summed E-state index contributed by atoms with van der Waals surface area (Å²) in [6.45, 7) is 3.91. The zero-order valence-corrected chi connectivity index (χ0v) is 15.7. The van der Waals surface area contributed by atoms with E-state index in [1.165, 1.54) is 16.8 Å². The molecule has 0 aromatic heterocycles. The zero-order valence-electron chi connectivity index (χ0n) is 15.7. The number of nitrogens with one attached hydrogen (secondary N) is 1. The molecule has 144 valence electrons. The molecule has 0 aliphatic carbocycles. The van der Waals surface area contributed by atoms with Crippen molar-refractivity contribution in [2.45, 2.75) is 32.4 Å². The molecule has 8 nitrogen and oxygen atoms in total. The second-order valence-corrected chi connectivity index (χ2v) is 7.20. The Morgan fingerprint density at radius 3 is 2.67 bits per heavy atom. The van der Waals surface area contributed by atoms with Gasteiger partial charge in [0.2, 0.25) is 11.6 Å². The van der Waals surface area contributed by atoms with Crippen LogP contribution in [-0.4, -0.2) is 54.5 Å². The second-order valence-electron chi connectivity index (χ2n) is 7.20. The highest BCUT2D eigenvalue weighted by atomic mass is 16.5. The van der Waals surface area contributed by atoms with Crippen molar-refractivity contribution >= 4 is 29.4 Å². The minimum absolute atomic E-state index is 0.112. The van der Waals surface area contributed by atoms with Crippen molar-refractivity contribution in [3.05, 3.63) is 29.8 Å². The Morgan fingerprint density at radius 1 is 1.26 bits per heavy atom. The molecule has 1 N–H and O–H groups in total. The topological polar surface area (TPSA) is 96.0 Å². The Morgan fingerprint density at radius 2 is 1.96 bits per heavy atom. The Hall–Kier alpha value is -2.90. The molecule has 3 amide bonds. The molecule has 27 heavy (non-hydrogen) atoms. The SMILES string of the molecule is CC(C)CNC(=O)COC(=O)[C@]12CCC(=O)N1c1ccccc1C(=O)N2C. The maximum Gasteiger partial charge on any atom is 0.354 e. The van der Waals surface area contributed by atoms with Gasteiger partial charge in [0.25, 0.3) is 11.8 Å². The first-order valence-electron chi connectivity index (χ1n) is 8.93. The van der Waals surface area contributed by atoms with Crippen LogP contribution < -0.4 is 10.2 Å². The summed E-state index contributed by atoms with van der Waals surface area (Å²) < 4.78 is 5.22. The first-order chi connectivity index (χ1) is 12.8. The van der Waals surface area contributed by atoms with Crippen molar-refractivity contribution in [1.29, 1.82) is 0 Å². The minimum atomic E-state index is -1.55. The van der Waals surface area contributed by atoms with E-state index in [2.05, 4.69) is 5.32 Å². The number of para-hydroxylation sites is 1. The standard InChI is InChI=1S/C19H23N3O5/c1-12(2)10-20-15(23)11-27-18(26)19-9-8-16(24)22(19)14-7-5-4-6-13(14)17(25)21(19)3/h4-7,12H,8-11H2,1-3H3,(H,20,23)/t19-/m0/s1. The number of carbonyl (C=O) groups is 4. The van der Waals surface area contributed by atoms with Gasteiger partial charge in [0, 0.05) is 26.4 Å². The van der Waals surface area contributed by atoms with E-state index in [1.807, 2.05) is 13.8 Å². The molecule has 1 aromatic carbocycles. The number of amides is 3. The Balaban J connectivity index is 1.86. The van der Waals surface area contributed by atoms with E-state index < -0.39 is 24.1 Å². The minimum Gasteiger partial charge on any atom is -0.452 e. The summed E-state index contributed by atoms with van der Waals surface area (Å²) in [4.78, 5) is 52.8. The largest absolute Gasteiger partial charge is 0.452 e. The van der Waals surface area contributed by atoms with Crippen LogP contribution >= 0.6 is 0 Å². The van der Waals surface area contributed by atoms with Crippen molar-refractivity contribution in [1.82, 2.24) is 10.2 Å². The van der Waals surface area contributed by atoms with Crippen molar-refractivity contribution in [3.8, 4) is 0 Å². The summed E-state index contributed by atoms with van der Waals surface area (Å²) >= 11 is 0. The predicted molar refractivity (Wildman–Crippen MR) is 96.8 cm³/mol. The van der Waals surface area contributed by atoms with Crippen molar-refractivity contribution in [2.24, 2.45) is 5.92 Å². The molecule has 1 aromatic rings. The van der Waals surface area contributed by atoms with Gasteiger partial charge in [0.05, 0.1) is 11.3 Å². The van der Waals surface area contributed by atoms with Gasteiger partial charge in [-0.1, -0.05) is 26.0 Å². The molecule has 0 saturated carbocycles. The molecule has 1 fully saturated rings. The number of rotatable bonds is 5. The first kappa shape index (κ1) is 18.9. The number of nitrogens with zero attached hydrogens (tertiary/aromatic N) is 2. The van der Waals surface area contributed by atoms with Crippen molar-refractivity contribution < 1.29 is 23.9 Å². The first-order valence-corrected chi connectivity index (χ1v) is 8.93. The van der Waals surface area contributed by atoms with Crippen LogP contribution in [0.25, 0.3) is 0 Å². The summed E-state index contributed by atoms with van der Waals surface area (Å²) in [5.74, 6) is -1.56. The lowest BCUT2D eigenvalue weighted by atomic mass is 9.97. The average molecular weight is 373 g/mol. The number of fused-ring (bicyclic) bond motifs is 3. The van der Waals surface area contributed by atoms with E-state index in [0.29, 0.717) is 17.8 Å². The number of anilines is 1. The Kier molecular flexibility index (Phi) is 4.91. The van der Waals surface area contributed by atoms with Gasteiger partial charge in [-0.15, -0.1) is 0 Å². The molecule has 0 bridgehead atoms. The van der Waals surface area contributed by atoms with E-state index in [4.69, 9.17) is 4.74 Å². The fourth-order valence-electron chi connectivity index (χ4n) is 3.51. The van der Waals surface area contributed by atoms with E-state index >= 15 is 0 Å². The molecule has 2 heterocycles. The van der Waals surface area contributed by atoms with E-state index in [9.17, 15) is 19.2 Å². The number of ether oxygens (including phenoxy) is 1. The fraction of sp³-hybridized carbons (Fsp3) is 0.474. The summed E-state index contributed by atoms with van der Waals surface area (Å²) in [7, 11) is 1.48.